The molecular weight excluding hydrogens is 1220 g/mol. The number of nitrogens with zero attached hydrogens (tertiary/aromatic N) is 3. The molecule has 4 aliphatic heterocycles. The lowest BCUT2D eigenvalue weighted by Gasteiger charge is -2.51. The van der Waals surface area contributed by atoms with Crippen LogP contribution in [-0.2, 0) is 76.1 Å². The second kappa shape index (κ2) is 36.6. The SMILES string of the molecule is CCCCC(CCCOC(=O)CCC(=O)OCCCC(CCCC)(C(=O)OCCCOC1CC(C)(C)N(O)C(C)(C)C1)C(=O)OCCCOC1CC(C)(C)N(O)C(C)(C)C1)(C(=O)OCCCOC1CC(C)(C)NC(C)(C)C1)C(=O)OCCCOC1CC(C)(C)N(O)C(C)(C)C1. The van der Waals surface area contributed by atoms with Gasteiger partial charge in [-0.3, -0.25) is 28.8 Å². The number of hydroxylamine groups is 6. The number of rotatable bonds is 41. The maximum absolute atomic E-state index is 14.3. The highest BCUT2D eigenvalue weighted by Crippen LogP contribution is 2.42. The fourth-order valence-electron chi connectivity index (χ4n) is 15.3. The van der Waals surface area contributed by atoms with Crippen LogP contribution in [0.25, 0.3) is 0 Å². The molecule has 23 nitrogen and oxygen atoms in total. The molecule has 4 heterocycles. The smallest absolute Gasteiger partial charge is 0.323 e. The van der Waals surface area contributed by atoms with E-state index in [9.17, 15) is 44.4 Å². The minimum absolute atomic E-state index is 0.00371. The second-order valence-electron chi connectivity index (χ2n) is 32.8. The molecule has 0 bridgehead atoms. The molecule has 0 radical (unpaired) electrons. The van der Waals surface area contributed by atoms with Gasteiger partial charge in [-0.15, -0.1) is 0 Å². The summed E-state index contributed by atoms with van der Waals surface area (Å²) in [7, 11) is 0. The van der Waals surface area contributed by atoms with Gasteiger partial charge in [-0.1, -0.05) is 39.5 Å². The van der Waals surface area contributed by atoms with Gasteiger partial charge in [0.2, 0.25) is 0 Å². The Morgan fingerprint density at radius 2 is 0.558 bits per heavy atom. The van der Waals surface area contributed by atoms with Crippen LogP contribution in [0, 0.1) is 10.8 Å². The van der Waals surface area contributed by atoms with E-state index < -0.39 is 79.9 Å². The predicted octanol–water partition coefficient (Wildman–Crippen LogP) is 12.1. The van der Waals surface area contributed by atoms with Gasteiger partial charge in [-0.2, -0.15) is 15.2 Å². The molecule has 0 amide bonds. The van der Waals surface area contributed by atoms with Crippen molar-refractivity contribution in [3.05, 3.63) is 0 Å². The Hall–Kier alpha value is -3.62. The molecule has 95 heavy (non-hydrogen) atoms. The van der Waals surface area contributed by atoms with Crippen LogP contribution in [0.3, 0.4) is 0 Å². The third-order valence-corrected chi connectivity index (χ3v) is 19.5. The number of unbranched alkanes of at least 4 members (excludes halogenated alkanes) is 2. The number of piperidine rings is 4. The van der Waals surface area contributed by atoms with Crippen molar-refractivity contribution in [2.75, 3.05) is 66.1 Å². The quantitative estimate of drug-likeness (QED) is 0.0192. The molecule has 0 aromatic rings. The van der Waals surface area contributed by atoms with Crippen LogP contribution in [0.2, 0.25) is 0 Å². The van der Waals surface area contributed by atoms with Crippen LogP contribution in [0.4, 0.5) is 0 Å². The van der Waals surface area contributed by atoms with E-state index in [1.807, 2.05) is 96.9 Å². The molecule has 552 valence electrons. The monoisotopic (exact) mass is 1350 g/mol. The van der Waals surface area contributed by atoms with E-state index in [0.29, 0.717) is 116 Å². The summed E-state index contributed by atoms with van der Waals surface area (Å²) in [5, 5.41) is 40.2. The molecule has 4 fully saturated rings. The zero-order valence-corrected chi connectivity index (χ0v) is 62.1. The van der Waals surface area contributed by atoms with Crippen LogP contribution >= 0.6 is 0 Å². The van der Waals surface area contributed by atoms with Crippen molar-refractivity contribution in [3.8, 4) is 0 Å². The van der Waals surface area contributed by atoms with Crippen LogP contribution in [-0.4, -0.2) is 201 Å². The molecule has 4 saturated heterocycles. The summed E-state index contributed by atoms with van der Waals surface area (Å²) in [6, 6.07) is 0. The maximum Gasteiger partial charge on any atom is 0.323 e. The van der Waals surface area contributed by atoms with Gasteiger partial charge in [0, 0.05) is 70.0 Å². The molecule has 4 N–H and O–H groups in total. The largest absolute Gasteiger partial charge is 0.466 e. The lowest BCUT2D eigenvalue weighted by molar-refractivity contribution is -0.261. The molecule has 0 spiro atoms. The van der Waals surface area contributed by atoms with Gasteiger partial charge in [0.25, 0.3) is 0 Å². The van der Waals surface area contributed by atoms with Crippen molar-refractivity contribution in [3.63, 3.8) is 0 Å². The molecule has 4 aliphatic rings. The van der Waals surface area contributed by atoms with Gasteiger partial charge in [0.1, 0.15) is 0 Å². The molecule has 4 rings (SSSR count). The van der Waals surface area contributed by atoms with Crippen molar-refractivity contribution in [2.45, 2.75) is 347 Å². The van der Waals surface area contributed by atoms with Crippen LogP contribution < -0.4 is 5.32 Å². The highest BCUT2D eigenvalue weighted by atomic mass is 16.6. The van der Waals surface area contributed by atoms with Gasteiger partial charge in [-0.05, 0) is 201 Å². The minimum Gasteiger partial charge on any atom is -0.466 e. The highest BCUT2D eigenvalue weighted by Gasteiger charge is 2.52. The van der Waals surface area contributed by atoms with E-state index in [2.05, 4.69) is 33.0 Å². The lowest BCUT2D eigenvalue weighted by atomic mass is 9.78. The van der Waals surface area contributed by atoms with Crippen LogP contribution in [0.5, 0.6) is 0 Å². The molecule has 0 aromatic heterocycles. The first kappa shape index (κ1) is 83.8. The predicted molar refractivity (Wildman–Crippen MR) is 358 cm³/mol. The van der Waals surface area contributed by atoms with E-state index in [4.69, 9.17) is 47.4 Å². The van der Waals surface area contributed by atoms with Crippen molar-refractivity contribution in [1.29, 1.82) is 0 Å². The minimum atomic E-state index is -1.71. The molecule has 23 heteroatoms. The molecule has 0 aliphatic carbocycles. The third kappa shape index (κ3) is 25.8. The number of esters is 6. The first-order chi connectivity index (χ1) is 44.1. The first-order valence-corrected chi connectivity index (χ1v) is 35.9. The molecule has 1 atom stereocenters. The Morgan fingerprint density at radius 3 is 0.800 bits per heavy atom. The van der Waals surface area contributed by atoms with Gasteiger partial charge in [0.15, 0.2) is 10.8 Å². The number of hydrogen-bond donors (Lipinski definition) is 4. The molecular formula is C72H130N4O19. The fourth-order valence-corrected chi connectivity index (χ4v) is 15.3. The Bertz CT molecular complexity index is 2280. The second-order valence-corrected chi connectivity index (χ2v) is 32.8. The van der Waals surface area contributed by atoms with E-state index >= 15 is 0 Å². The van der Waals surface area contributed by atoms with Crippen molar-refractivity contribution in [2.24, 2.45) is 10.8 Å². The third-order valence-electron chi connectivity index (χ3n) is 19.5. The molecule has 0 aromatic carbocycles. The Balaban J connectivity index is 1.34. The number of carbonyl (C=O) groups excluding carboxylic acids is 6. The number of carbonyl (C=O) groups is 6. The summed E-state index contributed by atoms with van der Waals surface area (Å²) in [4.78, 5) is 83.6. The number of ether oxygens (including phenoxy) is 10. The van der Waals surface area contributed by atoms with Crippen LogP contribution in [0.1, 0.15) is 279 Å². The fraction of sp³-hybridized carbons (Fsp3) is 0.917. The highest BCUT2D eigenvalue weighted by molar-refractivity contribution is 6.00. The van der Waals surface area contributed by atoms with E-state index in [0.717, 1.165) is 12.8 Å². The van der Waals surface area contributed by atoms with E-state index in [1.165, 1.54) is 15.2 Å². The van der Waals surface area contributed by atoms with Crippen molar-refractivity contribution < 1.29 is 91.8 Å². The van der Waals surface area contributed by atoms with Crippen molar-refractivity contribution >= 4 is 35.8 Å². The zero-order chi connectivity index (χ0) is 71.3. The summed E-state index contributed by atoms with van der Waals surface area (Å²) >= 11 is 0. The maximum atomic E-state index is 14.3. The van der Waals surface area contributed by atoms with Gasteiger partial charge in [0.05, 0.1) is 103 Å². The van der Waals surface area contributed by atoms with Crippen LogP contribution in [0.15, 0.2) is 0 Å². The average Bonchev–Trinajstić information content (AvgIpc) is 0.824. The van der Waals surface area contributed by atoms with Crippen molar-refractivity contribution in [1.82, 2.24) is 20.5 Å². The number of nitrogens with one attached hydrogen (secondary N) is 1. The molecule has 1 unspecified atom stereocenters. The lowest BCUT2D eigenvalue weighted by Crippen LogP contribution is -2.60. The normalized spacial score (nSPS) is 22.1. The van der Waals surface area contributed by atoms with E-state index in [-0.39, 0.29) is 127 Å². The number of hydrogen-bond acceptors (Lipinski definition) is 23. The van der Waals surface area contributed by atoms with E-state index in [1.54, 1.807) is 0 Å². The first-order valence-electron chi connectivity index (χ1n) is 35.9. The van der Waals surface area contributed by atoms with Gasteiger partial charge < -0.3 is 68.3 Å². The summed E-state index contributed by atoms with van der Waals surface area (Å²) in [5.74, 6) is -4.27. The van der Waals surface area contributed by atoms with Gasteiger partial charge >= 0.3 is 35.8 Å². The Labute approximate surface area is 570 Å². The summed E-state index contributed by atoms with van der Waals surface area (Å²) in [6.07, 6.45) is 8.71. The summed E-state index contributed by atoms with van der Waals surface area (Å²) in [5.41, 5.74) is -6.60. The average molecular weight is 1360 g/mol. The molecule has 0 saturated carbocycles. The summed E-state index contributed by atoms with van der Waals surface area (Å²) in [6.45, 7) is 37.0. The standard InChI is InChI=1S/C72H130N4O19/c1-19-21-31-71(59(79)92-41-25-37-86-53-45-63(3,4)73-64(5,6)46-53,60(80)93-42-26-38-87-54-47-65(7,8)74(83)66(9,10)48-54)33-23-35-90-57(77)29-30-58(78)91-36-24-34-72(32-22-20-2,61(81)94-43-27-39-88-55-49-67(11,12)75(84)68(13,14)50-55)62(82)95-44-28-40-89-56-51-69(15,16)76(85)70(17,18)52-56/h53-56,73,83-85H,19-52H2,1-18H3. The summed E-state index contributed by atoms with van der Waals surface area (Å²) < 4.78 is 59.7. The zero-order valence-electron chi connectivity index (χ0n) is 62.1. The Kier molecular flexibility index (Phi) is 32.3. The topological polar surface area (TPSA) is 277 Å². The van der Waals surface area contributed by atoms with Gasteiger partial charge in [-0.25, -0.2) is 0 Å². The Morgan fingerprint density at radius 1 is 0.337 bits per heavy atom.